The number of nitrogens with zero attached hydrogens (tertiary/aromatic N) is 2. The second-order valence-electron chi connectivity index (χ2n) is 7.12. The van der Waals surface area contributed by atoms with Gasteiger partial charge in [0.05, 0.1) is 5.75 Å². The van der Waals surface area contributed by atoms with Crippen molar-refractivity contribution in [1.29, 1.82) is 0 Å². The molecule has 2 N–H and O–H groups in total. The van der Waals surface area contributed by atoms with Gasteiger partial charge < -0.3 is 15.5 Å². The van der Waals surface area contributed by atoms with Crippen LogP contribution in [0.4, 0.5) is 4.39 Å². The molecule has 0 saturated carbocycles. The fraction of sp³-hybridized carbons (Fsp3) is 0.632. The van der Waals surface area contributed by atoms with Crippen molar-refractivity contribution in [3.8, 4) is 0 Å². The van der Waals surface area contributed by atoms with Gasteiger partial charge in [-0.05, 0) is 63.5 Å². The van der Waals surface area contributed by atoms with Gasteiger partial charge in [-0.1, -0.05) is 6.07 Å². The van der Waals surface area contributed by atoms with Crippen LogP contribution in [0.1, 0.15) is 37.8 Å². The average Bonchev–Trinajstić information content (AvgIpc) is 2.57. The Kier molecular flexibility index (Phi) is 9.73. The van der Waals surface area contributed by atoms with E-state index < -0.39 is 9.84 Å². The van der Waals surface area contributed by atoms with Crippen LogP contribution in [0.2, 0.25) is 0 Å². The van der Waals surface area contributed by atoms with Crippen LogP contribution < -0.4 is 10.6 Å². The van der Waals surface area contributed by atoms with Crippen LogP contribution in [0.15, 0.2) is 23.2 Å². The monoisotopic (exact) mass is 400 g/mol. The zero-order valence-electron chi connectivity index (χ0n) is 17.0. The van der Waals surface area contributed by atoms with Gasteiger partial charge in [0.15, 0.2) is 15.8 Å². The van der Waals surface area contributed by atoms with Gasteiger partial charge >= 0.3 is 0 Å². The van der Waals surface area contributed by atoms with Gasteiger partial charge in [0.25, 0.3) is 0 Å². The summed E-state index contributed by atoms with van der Waals surface area (Å²) in [5, 5.41) is 6.36. The van der Waals surface area contributed by atoms with E-state index in [0.717, 1.165) is 25.9 Å². The number of aliphatic imine (C=N–C) groups is 1. The number of guanidine groups is 1. The lowest BCUT2D eigenvalue weighted by Gasteiger charge is -2.20. The lowest BCUT2D eigenvalue weighted by molar-refractivity contribution is 0.268. The lowest BCUT2D eigenvalue weighted by atomic mass is 10.1. The molecule has 1 aromatic carbocycles. The summed E-state index contributed by atoms with van der Waals surface area (Å²) in [5.74, 6) is 0.114. The highest BCUT2D eigenvalue weighted by Gasteiger charge is 2.11. The standard InChI is InChI=1S/C19H33FN4O2S/c1-15(2)24(4)11-7-6-10-22-19(21-3)23-13-17-12-18(20)9-8-16(17)14-27(5,25)26/h8-9,12,15H,6-7,10-11,13-14H2,1-5H3,(H2,21,22,23). The van der Waals surface area contributed by atoms with Crippen LogP contribution in [0.5, 0.6) is 0 Å². The first-order chi connectivity index (χ1) is 12.6. The molecule has 0 aromatic heterocycles. The van der Waals surface area contributed by atoms with Crippen molar-refractivity contribution in [3.63, 3.8) is 0 Å². The molecule has 0 aliphatic carbocycles. The van der Waals surface area contributed by atoms with E-state index in [9.17, 15) is 12.8 Å². The summed E-state index contributed by atoms with van der Waals surface area (Å²) in [5.41, 5.74) is 1.21. The normalized spacial score (nSPS) is 12.7. The Bertz CT molecular complexity index is 720. The molecule has 0 aliphatic heterocycles. The predicted molar refractivity (Wildman–Crippen MR) is 110 cm³/mol. The van der Waals surface area contributed by atoms with Gasteiger partial charge in [-0.15, -0.1) is 0 Å². The molecule has 154 valence electrons. The summed E-state index contributed by atoms with van der Waals surface area (Å²) in [7, 11) is 0.598. The highest BCUT2D eigenvalue weighted by atomic mass is 32.2. The van der Waals surface area contributed by atoms with E-state index in [-0.39, 0.29) is 11.6 Å². The summed E-state index contributed by atoms with van der Waals surface area (Å²) >= 11 is 0. The summed E-state index contributed by atoms with van der Waals surface area (Å²) < 4.78 is 36.7. The quantitative estimate of drug-likeness (QED) is 0.358. The van der Waals surface area contributed by atoms with E-state index >= 15 is 0 Å². The summed E-state index contributed by atoms with van der Waals surface area (Å²) in [4.78, 5) is 6.47. The molecule has 1 aromatic rings. The maximum absolute atomic E-state index is 13.6. The van der Waals surface area contributed by atoms with Gasteiger partial charge in [-0.2, -0.15) is 0 Å². The van der Waals surface area contributed by atoms with Crippen molar-refractivity contribution in [2.24, 2.45) is 4.99 Å². The maximum Gasteiger partial charge on any atom is 0.191 e. The Morgan fingerprint density at radius 1 is 1.22 bits per heavy atom. The minimum Gasteiger partial charge on any atom is -0.356 e. The number of hydrogen-bond donors (Lipinski definition) is 2. The molecule has 0 saturated heterocycles. The van der Waals surface area contributed by atoms with Crippen LogP contribution in [0.3, 0.4) is 0 Å². The molecule has 6 nitrogen and oxygen atoms in total. The van der Waals surface area contributed by atoms with Crippen LogP contribution in [0, 0.1) is 5.82 Å². The zero-order chi connectivity index (χ0) is 20.4. The van der Waals surface area contributed by atoms with Crippen molar-refractivity contribution < 1.29 is 12.8 Å². The first-order valence-electron chi connectivity index (χ1n) is 9.22. The van der Waals surface area contributed by atoms with E-state index in [1.165, 1.54) is 24.5 Å². The van der Waals surface area contributed by atoms with Crippen molar-refractivity contribution >= 4 is 15.8 Å². The molecule has 0 aliphatic rings. The Morgan fingerprint density at radius 3 is 2.52 bits per heavy atom. The molecule has 0 bridgehead atoms. The minimum atomic E-state index is -3.19. The Labute approximate surface area is 163 Å². The number of benzene rings is 1. The van der Waals surface area contributed by atoms with Crippen molar-refractivity contribution in [2.45, 2.75) is 45.0 Å². The third-order valence-corrected chi connectivity index (χ3v) is 5.20. The van der Waals surface area contributed by atoms with Gasteiger partial charge in [0, 0.05) is 32.4 Å². The maximum atomic E-state index is 13.6. The lowest BCUT2D eigenvalue weighted by Crippen LogP contribution is -2.37. The Balaban J connectivity index is 2.52. The number of halogens is 1. The van der Waals surface area contributed by atoms with E-state index in [0.29, 0.717) is 29.7 Å². The average molecular weight is 401 g/mol. The van der Waals surface area contributed by atoms with Crippen molar-refractivity contribution in [1.82, 2.24) is 15.5 Å². The molecular weight excluding hydrogens is 367 g/mol. The van der Waals surface area contributed by atoms with Gasteiger partial charge in [0.1, 0.15) is 5.82 Å². The highest BCUT2D eigenvalue weighted by Crippen LogP contribution is 2.14. The van der Waals surface area contributed by atoms with Gasteiger partial charge in [0.2, 0.25) is 0 Å². The second-order valence-corrected chi connectivity index (χ2v) is 9.26. The zero-order valence-corrected chi connectivity index (χ0v) is 17.9. The Hall–Kier alpha value is -1.67. The van der Waals surface area contributed by atoms with Crippen LogP contribution >= 0.6 is 0 Å². The first kappa shape index (κ1) is 23.4. The number of sulfone groups is 1. The highest BCUT2D eigenvalue weighted by molar-refractivity contribution is 7.89. The predicted octanol–water partition coefficient (Wildman–Crippen LogP) is 2.16. The number of nitrogens with one attached hydrogen (secondary N) is 2. The third-order valence-electron chi connectivity index (χ3n) is 4.37. The molecule has 0 spiro atoms. The fourth-order valence-electron chi connectivity index (χ4n) is 2.53. The number of unbranched alkanes of at least 4 members (excludes halogenated alkanes) is 1. The topological polar surface area (TPSA) is 73.8 Å². The molecule has 0 unspecified atom stereocenters. The van der Waals surface area contributed by atoms with Gasteiger partial charge in [-0.25, -0.2) is 12.8 Å². The van der Waals surface area contributed by atoms with Crippen LogP contribution in [0.25, 0.3) is 0 Å². The third kappa shape index (κ3) is 9.72. The fourth-order valence-corrected chi connectivity index (χ4v) is 3.38. The molecule has 0 amide bonds. The van der Waals surface area contributed by atoms with E-state index in [1.807, 2.05) is 0 Å². The second kappa shape index (κ2) is 11.2. The number of rotatable bonds is 10. The van der Waals surface area contributed by atoms with Crippen LogP contribution in [-0.2, 0) is 22.1 Å². The molecule has 0 fully saturated rings. The van der Waals surface area contributed by atoms with E-state index in [1.54, 1.807) is 7.05 Å². The van der Waals surface area contributed by atoms with Gasteiger partial charge in [-0.3, -0.25) is 4.99 Å². The molecule has 27 heavy (non-hydrogen) atoms. The molecular formula is C19H33FN4O2S. The largest absolute Gasteiger partial charge is 0.356 e. The number of hydrogen-bond acceptors (Lipinski definition) is 4. The molecule has 8 heteroatoms. The molecule has 0 atom stereocenters. The minimum absolute atomic E-state index is 0.111. The molecule has 1 rings (SSSR count). The Morgan fingerprint density at radius 2 is 1.93 bits per heavy atom. The summed E-state index contributed by atoms with van der Waals surface area (Å²) in [6, 6.07) is 4.71. The van der Waals surface area contributed by atoms with Crippen molar-refractivity contribution in [2.75, 3.05) is 33.4 Å². The molecule has 0 heterocycles. The van der Waals surface area contributed by atoms with E-state index in [4.69, 9.17) is 0 Å². The van der Waals surface area contributed by atoms with Crippen molar-refractivity contribution in [3.05, 3.63) is 35.1 Å². The first-order valence-corrected chi connectivity index (χ1v) is 11.3. The van der Waals surface area contributed by atoms with Crippen LogP contribution in [-0.4, -0.2) is 58.8 Å². The van der Waals surface area contributed by atoms with E-state index in [2.05, 4.69) is 41.4 Å². The summed E-state index contributed by atoms with van der Waals surface area (Å²) in [6.45, 7) is 6.48. The smallest absolute Gasteiger partial charge is 0.191 e. The summed E-state index contributed by atoms with van der Waals surface area (Å²) in [6.07, 6.45) is 3.27. The SMILES string of the molecule is CN=C(NCCCCN(C)C(C)C)NCc1cc(F)ccc1CS(C)(=O)=O. The molecule has 0 radical (unpaired) electrons.